The maximum absolute atomic E-state index is 12.8. The molecule has 0 radical (unpaired) electrons. The lowest BCUT2D eigenvalue weighted by Crippen LogP contribution is -2.07. The first kappa shape index (κ1) is 16.0. The molecule has 126 valence electrons. The van der Waals surface area contributed by atoms with E-state index in [2.05, 4.69) is 20.2 Å². The first-order chi connectivity index (χ1) is 11.5. The van der Waals surface area contributed by atoms with Crippen LogP contribution in [0.15, 0.2) is 28.9 Å². The van der Waals surface area contributed by atoms with Crippen LogP contribution in [-0.2, 0) is 7.05 Å². The molecule has 0 aliphatic carbocycles. The van der Waals surface area contributed by atoms with E-state index in [0.29, 0.717) is 11.4 Å². The fraction of sp³-hybridized carbons (Fsp3) is 0.333. The molecule has 0 fully saturated rings. The number of halogens is 2. The van der Waals surface area contributed by atoms with E-state index >= 15 is 0 Å². The maximum atomic E-state index is 12.8. The molecule has 0 amide bonds. The molecular formula is C15H15F2N5O2. The first-order valence-corrected chi connectivity index (χ1v) is 7.24. The van der Waals surface area contributed by atoms with Crippen LogP contribution in [-0.4, -0.2) is 31.0 Å². The zero-order chi connectivity index (χ0) is 17.3. The Morgan fingerprint density at radius 2 is 2.08 bits per heavy atom. The van der Waals surface area contributed by atoms with Gasteiger partial charge in [0, 0.05) is 13.2 Å². The van der Waals surface area contributed by atoms with Gasteiger partial charge in [-0.1, -0.05) is 5.16 Å². The molecule has 3 rings (SSSR count). The van der Waals surface area contributed by atoms with Crippen molar-refractivity contribution in [1.82, 2.24) is 24.9 Å². The Hall–Kier alpha value is -2.84. The smallest absolute Gasteiger partial charge is 0.280 e. The van der Waals surface area contributed by atoms with E-state index in [-0.39, 0.29) is 29.2 Å². The lowest BCUT2D eigenvalue weighted by Gasteiger charge is -2.11. The van der Waals surface area contributed by atoms with Crippen molar-refractivity contribution in [2.75, 3.05) is 0 Å². The van der Waals surface area contributed by atoms with Crippen LogP contribution >= 0.6 is 0 Å². The molecule has 24 heavy (non-hydrogen) atoms. The van der Waals surface area contributed by atoms with Crippen LogP contribution in [0.1, 0.15) is 26.0 Å². The third-order valence-corrected chi connectivity index (χ3v) is 3.13. The quantitative estimate of drug-likeness (QED) is 0.712. The van der Waals surface area contributed by atoms with Crippen LogP contribution < -0.4 is 4.74 Å². The number of alkyl halides is 2. The van der Waals surface area contributed by atoms with Gasteiger partial charge in [-0.25, -0.2) is 13.8 Å². The molecule has 0 saturated carbocycles. The second-order valence-electron chi connectivity index (χ2n) is 5.32. The summed E-state index contributed by atoms with van der Waals surface area (Å²) in [6.07, 6.45) is -1.11. The molecule has 9 heteroatoms. The number of nitrogens with zero attached hydrogens (tertiary/aromatic N) is 5. The fourth-order valence-corrected chi connectivity index (χ4v) is 2.12. The van der Waals surface area contributed by atoms with Gasteiger partial charge in [0.05, 0.1) is 6.10 Å². The Labute approximate surface area is 136 Å². The van der Waals surface area contributed by atoms with Crippen molar-refractivity contribution >= 4 is 0 Å². The third-order valence-electron chi connectivity index (χ3n) is 3.13. The molecule has 0 bridgehead atoms. The summed E-state index contributed by atoms with van der Waals surface area (Å²) in [7, 11) is 1.43. The summed E-state index contributed by atoms with van der Waals surface area (Å²) in [6.45, 7) is 3.77. The lowest BCUT2D eigenvalue weighted by molar-refractivity contribution is 0.141. The van der Waals surface area contributed by atoms with Crippen LogP contribution in [0, 0.1) is 0 Å². The van der Waals surface area contributed by atoms with Gasteiger partial charge in [0.2, 0.25) is 5.82 Å². The molecule has 0 aliphatic heterocycles. The fourth-order valence-electron chi connectivity index (χ4n) is 2.12. The summed E-state index contributed by atoms with van der Waals surface area (Å²) in [4.78, 5) is 8.40. The van der Waals surface area contributed by atoms with E-state index in [1.165, 1.54) is 13.1 Å². The average Bonchev–Trinajstić information content (AvgIpc) is 3.13. The predicted molar refractivity (Wildman–Crippen MR) is 80.5 cm³/mol. The van der Waals surface area contributed by atoms with Gasteiger partial charge in [-0.15, -0.1) is 0 Å². The Bertz CT molecular complexity index is 844. The number of pyridine rings is 1. The van der Waals surface area contributed by atoms with Crippen molar-refractivity contribution < 1.29 is 18.0 Å². The minimum atomic E-state index is -2.64. The standard InChI is InChI=1S/C15H15F2N5O2/c1-8(2)23-11-5-4-6-18-12(11)14-19-15(24-21-14)9-7-10(13(16)17)22(3)20-9/h4-8,13H,1-3H3. The number of aryl methyl sites for hydroxylation is 1. The predicted octanol–water partition coefficient (Wildman–Crippen LogP) is 3.26. The van der Waals surface area contributed by atoms with Crippen LogP contribution in [0.3, 0.4) is 0 Å². The Morgan fingerprint density at radius 3 is 2.75 bits per heavy atom. The first-order valence-electron chi connectivity index (χ1n) is 7.24. The Balaban J connectivity index is 1.96. The van der Waals surface area contributed by atoms with E-state index < -0.39 is 6.43 Å². The Morgan fingerprint density at radius 1 is 1.29 bits per heavy atom. The lowest BCUT2D eigenvalue weighted by atomic mass is 10.3. The number of hydrogen-bond donors (Lipinski definition) is 0. The molecule has 0 atom stereocenters. The molecule has 3 heterocycles. The molecule has 0 spiro atoms. The summed E-state index contributed by atoms with van der Waals surface area (Å²) in [5.74, 6) is 0.744. The van der Waals surface area contributed by atoms with Crippen LogP contribution in [0.5, 0.6) is 5.75 Å². The topological polar surface area (TPSA) is 78.9 Å². The third kappa shape index (κ3) is 3.10. The molecule has 3 aromatic heterocycles. The van der Waals surface area contributed by atoms with Gasteiger partial charge in [0.25, 0.3) is 12.3 Å². The van der Waals surface area contributed by atoms with Gasteiger partial charge >= 0.3 is 0 Å². The second-order valence-corrected chi connectivity index (χ2v) is 5.32. The molecule has 0 N–H and O–H groups in total. The van der Waals surface area contributed by atoms with E-state index in [9.17, 15) is 8.78 Å². The van der Waals surface area contributed by atoms with Crippen molar-refractivity contribution in [1.29, 1.82) is 0 Å². The highest BCUT2D eigenvalue weighted by Crippen LogP contribution is 2.29. The van der Waals surface area contributed by atoms with Crippen LogP contribution in [0.25, 0.3) is 23.1 Å². The van der Waals surface area contributed by atoms with E-state index in [1.54, 1.807) is 18.3 Å². The van der Waals surface area contributed by atoms with E-state index in [4.69, 9.17) is 9.26 Å². The summed E-state index contributed by atoms with van der Waals surface area (Å²) in [6, 6.07) is 4.69. The summed E-state index contributed by atoms with van der Waals surface area (Å²) in [5, 5.41) is 7.82. The zero-order valence-corrected chi connectivity index (χ0v) is 13.3. The van der Waals surface area contributed by atoms with Crippen LogP contribution in [0.4, 0.5) is 8.78 Å². The molecule has 7 nitrogen and oxygen atoms in total. The molecule has 0 unspecified atom stereocenters. The van der Waals surface area contributed by atoms with Crippen LogP contribution in [0.2, 0.25) is 0 Å². The van der Waals surface area contributed by atoms with Gasteiger partial charge in [-0.2, -0.15) is 10.1 Å². The van der Waals surface area contributed by atoms with Gasteiger partial charge < -0.3 is 9.26 Å². The maximum Gasteiger partial charge on any atom is 0.280 e. The monoisotopic (exact) mass is 335 g/mol. The molecule has 0 aromatic carbocycles. The highest BCUT2D eigenvalue weighted by molar-refractivity contribution is 5.60. The van der Waals surface area contributed by atoms with Crippen molar-refractivity contribution in [3.8, 4) is 28.9 Å². The number of hydrogen-bond acceptors (Lipinski definition) is 6. The van der Waals surface area contributed by atoms with Gasteiger partial charge in [0.15, 0.2) is 11.4 Å². The summed E-state index contributed by atoms with van der Waals surface area (Å²) >= 11 is 0. The summed E-state index contributed by atoms with van der Waals surface area (Å²) < 4.78 is 37.6. The highest BCUT2D eigenvalue weighted by Gasteiger charge is 2.21. The zero-order valence-electron chi connectivity index (χ0n) is 13.3. The minimum absolute atomic E-state index is 0.0358. The van der Waals surface area contributed by atoms with Gasteiger partial charge in [0.1, 0.15) is 11.4 Å². The average molecular weight is 335 g/mol. The number of rotatable bonds is 5. The molecule has 0 saturated heterocycles. The largest absolute Gasteiger partial charge is 0.489 e. The molecule has 3 aromatic rings. The molecule has 0 aliphatic rings. The van der Waals surface area contributed by atoms with E-state index in [0.717, 1.165) is 4.68 Å². The number of aromatic nitrogens is 5. The second kappa shape index (κ2) is 6.34. The van der Waals surface area contributed by atoms with Crippen molar-refractivity contribution in [2.24, 2.45) is 7.05 Å². The minimum Gasteiger partial charge on any atom is -0.489 e. The normalized spacial score (nSPS) is 11.5. The van der Waals surface area contributed by atoms with Crippen molar-refractivity contribution in [3.05, 3.63) is 30.1 Å². The SMILES string of the molecule is CC(C)Oc1cccnc1-c1noc(-c2cc(C(F)F)n(C)n2)n1. The Kier molecular flexibility index (Phi) is 4.24. The summed E-state index contributed by atoms with van der Waals surface area (Å²) in [5.41, 5.74) is 0.353. The van der Waals surface area contributed by atoms with Gasteiger partial charge in [-0.3, -0.25) is 4.68 Å². The van der Waals surface area contributed by atoms with Gasteiger partial charge in [-0.05, 0) is 32.0 Å². The number of ether oxygens (including phenoxy) is 1. The van der Waals surface area contributed by atoms with E-state index in [1.807, 2.05) is 13.8 Å². The highest BCUT2D eigenvalue weighted by atomic mass is 19.3. The molecular weight excluding hydrogens is 320 g/mol. The van der Waals surface area contributed by atoms with Crippen molar-refractivity contribution in [3.63, 3.8) is 0 Å². The van der Waals surface area contributed by atoms with Crippen molar-refractivity contribution in [2.45, 2.75) is 26.4 Å².